The predicted molar refractivity (Wildman–Crippen MR) is 104 cm³/mol. The van der Waals surface area contributed by atoms with Crippen LogP contribution in [0.5, 0.6) is 0 Å². The van der Waals surface area contributed by atoms with E-state index in [1.54, 1.807) is 0 Å². The molecule has 6 nitrogen and oxygen atoms in total. The zero-order valence-corrected chi connectivity index (χ0v) is 16.1. The van der Waals surface area contributed by atoms with E-state index in [4.69, 9.17) is 4.42 Å². The van der Waals surface area contributed by atoms with Crippen LogP contribution < -0.4 is 5.56 Å². The molecule has 3 aromatic heterocycles. The summed E-state index contributed by atoms with van der Waals surface area (Å²) in [5.41, 5.74) is 2.95. The molecule has 8 heteroatoms. The Morgan fingerprint density at radius 3 is 2.69 bits per heavy atom. The van der Waals surface area contributed by atoms with Crippen LogP contribution in [-0.2, 0) is 5.75 Å². The number of benzene rings is 1. The molecule has 132 valence electrons. The monoisotopic (exact) mass is 384 g/mol. The van der Waals surface area contributed by atoms with Crippen LogP contribution in [0, 0.1) is 20.8 Å². The van der Waals surface area contributed by atoms with Gasteiger partial charge in [-0.1, -0.05) is 29.5 Å². The van der Waals surface area contributed by atoms with Crippen LogP contribution in [0.3, 0.4) is 0 Å². The molecule has 0 radical (unpaired) electrons. The highest BCUT2D eigenvalue weighted by molar-refractivity contribution is 7.98. The number of hydrogen-bond donors (Lipinski definition) is 1. The molecular weight excluding hydrogens is 368 g/mol. The second kappa shape index (κ2) is 6.69. The van der Waals surface area contributed by atoms with Crippen LogP contribution in [-0.4, -0.2) is 20.2 Å². The average molecular weight is 384 g/mol. The normalized spacial score (nSPS) is 11.3. The maximum Gasteiger partial charge on any atom is 0.277 e. The van der Waals surface area contributed by atoms with Crippen LogP contribution in [0.2, 0.25) is 0 Å². The molecule has 1 aromatic carbocycles. The van der Waals surface area contributed by atoms with Gasteiger partial charge in [0.15, 0.2) is 0 Å². The van der Waals surface area contributed by atoms with E-state index in [0.717, 1.165) is 20.8 Å². The summed E-state index contributed by atoms with van der Waals surface area (Å²) >= 11 is 2.89. The third-order valence-electron chi connectivity index (χ3n) is 4.13. The lowest BCUT2D eigenvalue weighted by atomic mass is 10.1. The van der Waals surface area contributed by atoms with E-state index < -0.39 is 0 Å². The number of aryl methyl sites for hydroxylation is 3. The Balaban J connectivity index is 1.53. The number of hydrogen-bond acceptors (Lipinski definition) is 7. The molecule has 3 heterocycles. The van der Waals surface area contributed by atoms with Gasteiger partial charge in [-0.05, 0) is 38.5 Å². The van der Waals surface area contributed by atoms with Crippen LogP contribution in [0.15, 0.2) is 38.7 Å². The predicted octanol–water partition coefficient (Wildman–Crippen LogP) is 4.25. The summed E-state index contributed by atoms with van der Waals surface area (Å²) in [4.78, 5) is 21.6. The summed E-state index contributed by atoms with van der Waals surface area (Å²) in [6.07, 6.45) is 0. The number of fused-ring (bicyclic) bond motifs is 1. The van der Waals surface area contributed by atoms with Gasteiger partial charge in [0, 0.05) is 10.4 Å². The summed E-state index contributed by atoms with van der Waals surface area (Å²) in [5, 5.41) is 9.27. The number of thiophene rings is 1. The van der Waals surface area contributed by atoms with Gasteiger partial charge in [-0.3, -0.25) is 4.79 Å². The molecule has 0 saturated heterocycles. The first-order valence-corrected chi connectivity index (χ1v) is 9.83. The fourth-order valence-electron chi connectivity index (χ4n) is 2.58. The van der Waals surface area contributed by atoms with E-state index in [-0.39, 0.29) is 5.56 Å². The highest BCUT2D eigenvalue weighted by Gasteiger charge is 2.13. The maximum atomic E-state index is 12.3. The largest absolute Gasteiger partial charge is 0.411 e. The number of aromatic nitrogens is 4. The molecule has 0 aliphatic carbocycles. The number of H-pyrrole nitrogens is 1. The number of aromatic amines is 1. The topological polar surface area (TPSA) is 84.7 Å². The molecule has 4 aromatic rings. The van der Waals surface area contributed by atoms with Crippen molar-refractivity contribution in [3.63, 3.8) is 0 Å². The van der Waals surface area contributed by atoms with Crippen molar-refractivity contribution in [1.82, 2.24) is 20.2 Å². The fraction of sp³-hybridized carbons (Fsp3) is 0.222. The van der Waals surface area contributed by atoms with Gasteiger partial charge in [0.1, 0.15) is 10.7 Å². The molecule has 0 spiro atoms. The Labute approximate surface area is 157 Å². The van der Waals surface area contributed by atoms with Crippen molar-refractivity contribution < 1.29 is 4.42 Å². The number of rotatable bonds is 4. The van der Waals surface area contributed by atoms with Crippen molar-refractivity contribution in [3.05, 3.63) is 56.4 Å². The Kier molecular flexibility index (Phi) is 4.37. The van der Waals surface area contributed by atoms with Gasteiger partial charge in [0.2, 0.25) is 5.89 Å². The molecule has 1 N–H and O–H groups in total. The summed E-state index contributed by atoms with van der Waals surface area (Å²) in [6.45, 7) is 5.98. The van der Waals surface area contributed by atoms with Crippen LogP contribution in [0.1, 0.15) is 21.8 Å². The number of nitrogens with zero attached hydrogens (tertiary/aromatic N) is 3. The molecule has 0 amide bonds. The second-order valence-electron chi connectivity index (χ2n) is 6.00. The van der Waals surface area contributed by atoms with Crippen LogP contribution in [0.25, 0.3) is 21.7 Å². The lowest BCUT2D eigenvalue weighted by molar-refractivity contribution is 0.465. The second-order valence-corrected chi connectivity index (χ2v) is 8.13. The maximum absolute atomic E-state index is 12.3. The average Bonchev–Trinajstić information content (AvgIpc) is 3.19. The molecular formula is C18H16N4O2S2. The Morgan fingerprint density at radius 2 is 1.92 bits per heavy atom. The zero-order chi connectivity index (χ0) is 18.3. The van der Waals surface area contributed by atoms with Crippen molar-refractivity contribution in [3.8, 4) is 11.5 Å². The highest BCUT2D eigenvalue weighted by Crippen LogP contribution is 2.28. The van der Waals surface area contributed by atoms with Gasteiger partial charge < -0.3 is 9.40 Å². The molecule has 0 atom stereocenters. The van der Waals surface area contributed by atoms with E-state index in [1.807, 2.05) is 45.0 Å². The van der Waals surface area contributed by atoms with E-state index in [1.165, 1.54) is 28.7 Å². The van der Waals surface area contributed by atoms with Gasteiger partial charge in [0.05, 0.1) is 11.1 Å². The Hall–Kier alpha value is -2.45. The first-order chi connectivity index (χ1) is 12.5. The van der Waals surface area contributed by atoms with Gasteiger partial charge in [-0.15, -0.1) is 21.5 Å². The van der Waals surface area contributed by atoms with Gasteiger partial charge in [-0.25, -0.2) is 4.98 Å². The quantitative estimate of drug-likeness (QED) is 0.530. The Morgan fingerprint density at radius 1 is 1.15 bits per heavy atom. The lowest BCUT2D eigenvalue weighted by Gasteiger charge is -1.99. The smallest absolute Gasteiger partial charge is 0.277 e. The van der Waals surface area contributed by atoms with E-state index >= 15 is 0 Å². The van der Waals surface area contributed by atoms with E-state index in [0.29, 0.717) is 28.1 Å². The van der Waals surface area contributed by atoms with Crippen molar-refractivity contribution in [2.24, 2.45) is 0 Å². The minimum absolute atomic E-state index is 0.0988. The fourth-order valence-corrected chi connectivity index (χ4v) is 4.26. The number of thioether (sulfide) groups is 1. The summed E-state index contributed by atoms with van der Waals surface area (Å²) in [6, 6.07) is 7.90. The molecule has 0 aliphatic rings. The van der Waals surface area contributed by atoms with Crippen molar-refractivity contribution in [2.45, 2.75) is 31.7 Å². The minimum atomic E-state index is -0.0988. The summed E-state index contributed by atoms with van der Waals surface area (Å²) in [5.74, 6) is 1.54. The third kappa shape index (κ3) is 3.17. The summed E-state index contributed by atoms with van der Waals surface area (Å²) in [7, 11) is 0. The first kappa shape index (κ1) is 17.0. The van der Waals surface area contributed by atoms with Gasteiger partial charge in [0.25, 0.3) is 10.8 Å². The molecule has 4 rings (SSSR count). The standard InChI is InChI=1S/C18H16N4O2S2/c1-9-4-6-12(7-5-9)16-21-22-18(24-16)25-8-13-19-15(23)14-10(2)11(3)26-17(14)20-13/h4-7H,8H2,1-3H3,(H,19,20,23). The van der Waals surface area contributed by atoms with E-state index in [9.17, 15) is 4.79 Å². The molecule has 0 fully saturated rings. The lowest BCUT2D eigenvalue weighted by Crippen LogP contribution is -2.10. The number of nitrogens with one attached hydrogen (secondary N) is 1. The van der Waals surface area contributed by atoms with Crippen molar-refractivity contribution in [2.75, 3.05) is 0 Å². The van der Waals surface area contributed by atoms with Gasteiger partial charge in [-0.2, -0.15) is 0 Å². The Bertz CT molecular complexity index is 1140. The molecule has 0 saturated carbocycles. The molecule has 26 heavy (non-hydrogen) atoms. The minimum Gasteiger partial charge on any atom is -0.411 e. The first-order valence-electron chi connectivity index (χ1n) is 8.03. The van der Waals surface area contributed by atoms with Crippen molar-refractivity contribution >= 4 is 33.3 Å². The molecule has 0 aliphatic heterocycles. The molecule has 0 bridgehead atoms. The van der Waals surface area contributed by atoms with E-state index in [2.05, 4.69) is 20.2 Å². The zero-order valence-electron chi connectivity index (χ0n) is 14.5. The van der Waals surface area contributed by atoms with Crippen LogP contribution in [0.4, 0.5) is 0 Å². The van der Waals surface area contributed by atoms with Crippen LogP contribution >= 0.6 is 23.1 Å². The van der Waals surface area contributed by atoms with Gasteiger partial charge >= 0.3 is 0 Å². The molecule has 0 unspecified atom stereocenters. The SMILES string of the molecule is Cc1ccc(-c2nnc(SCc3nc4sc(C)c(C)c4c(=O)[nH]3)o2)cc1. The third-order valence-corrected chi connectivity index (χ3v) is 6.06. The summed E-state index contributed by atoms with van der Waals surface area (Å²) < 4.78 is 5.70. The van der Waals surface area contributed by atoms with Crippen molar-refractivity contribution in [1.29, 1.82) is 0 Å². The highest BCUT2D eigenvalue weighted by atomic mass is 32.2.